The fourth-order valence-electron chi connectivity index (χ4n) is 2.42. The third kappa shape index (κ3) is 3.23. The molecule has 2 aliphatic rings. The van der Waals surface area contributed by atoms with Crippen LogP contribution in [-0.4, -0.2) is 41.7 Å². The molecular weight excluding hydrogens is 242 g/mol. The fourth-order valence-corrected chi connectivity index (χ4v) is 2.42. The van der Waals surface area contributed by atoms with Crippen LogP contribution in [0, 0.1) is 5.92 Å². The van der Waals surface area contributed by atoms with Gasteiger partial charge in [-0.25, -0.2) is 4.79 Å². The highest BCUT2D eigenvalue weighted by Gasteiger charge is 2.34. The van der Waals surface area contributed by atoms with Gasteiger partial charge in [0.05, 0.1) is 18.5 Å². The van der Waals surface area contributed by atoms with Gasteiger partial charge in [-0.05, 0) is 31.4 Å². The molecule has 5 heteroatoms. The van der Waals surface area contributed by atoms with Crippen molar-refractivity contribution in [2.75, 3.05) is 25.1 Å². The van der Waals surface area contributed by atoms with E-state index in [2.05, 4.69) is 10.3 Å². The maximum atomic E-state index is 12.3. The molecule has 0 aromatic carbocycles. The van der Waals surface area contributed by atoms with E-state index < -0.39 is 0 Å². The second kappa shape index (κ2) is 5.57. The molecular formula is C14H19N3O2. The average molecular weight is 261 g/mol. The van der Waals surface area contributed by atoms with Crippen LogP contribution in [0.15, 0.2) is 24.5 Å². The molecule has 0 bridgehead atoms. The summed E-state index contributed by atoms with van der Waals surface area (Å²) in [6.45, 7) is 2.41. The van der Waals surface area contributed by atoms with E-state index in [1.807, 2.05) is 17.0 Å². The molecule has 1 saturated carbocycles. The number of hydrogen-bond acceptors (Lipinski definition) is 3. The number of urea groups is 1. The molecule has 1 aromatic heterocycles. The topological polar surface area (TPSA) is 54.5 Å². The van der Waals surface area contributed by atoms with Crippen molar-refractivity contribution in [3.05, 3.63) is 24.5 Å². The molecule has 19 heavy (non-hydrogen) atoms. The van der Waals surface area contributed by atoms with Crippen molar-refractivity contribution in [2.45, 2.75) is 25.3 Å². The number of carbonyl (C=O) groups excluding carboxylic acids is 1. The van der Waals surface area contributed by atoms with Crippen LogP contribution in [0.5, 0.6) is 0 Å². The number of amides is 2. The first kappa shape index (κ1) is 12.4. The molecule has 0 unspecified atom stereocenters. The number of ether oxygens (including phenoxy) is 1. The van der Waals surface area contributed by atoms with Crippen LogP contribution in [-0.2, 0) is 4.74 Å². The van der Waals surface area contributed by atoms with Crippen LogP contribution < -0.4 is 5.32 Å². The van der Waals surface area contributed by atoms with E-state index in [0.29, 0.717) is 12.0 Å². The third-order valence-electron chi connectivity index (χ3n) is 3.64. The van der Waals surface area contributed by atoms with Crippen molar-refractivity contribution in [3.8, 4) is 0 Å². The van der Waals surface area contributed by atoms with Gasteiger partial charge in [-0.2, -0.15) is 0 Å². The predicted octanol–water partition coefficient (Wildman–Crippen LogP) is 2.11. The zero-order chi connectivity index (χ0) is 13.1. The molecule has 0 radical (unpaired) electrons. The highest BCUT2D eigenvalue weighted by Crippen LogP contribution is 2.29. The monoisotopic (exact) mass is 261 g/mol. The second-order valence-electron chi connectivity index (χ2n) is 5.29. The molecule has 3 rings (SSSR count). The third-order valence-corrected chi connectivity index (χ3v) is 3.64. The van der Waals surface area contributed by atoms with Gasteiger partial charge in [-0.1, -0.05) is 0 Å². The van der Waals surface area contributed by atoms with Gasteiger partial charge in [-0.3, -0.25) is 4.98 Å². The molecule has 102 valence electrons. The molecule has 1 aromatic rings. The van der Waals surface area contributed by atoms with Crippen molar-refractivity contribution in [1.29, 1.82) is 0 Å². The minimum atomic E-state index is -0.0117. The number of carbonyl (C=O) groups is 1. The normalized spacial score (nSPS) is 22.2. The van der Waals surface area contributed by atoms with Gasteiger partial charge in [0.15, 0.2) is 0 Å². The summed E-state index contributed by atoms with van der Waals surface area (Å²) in [6.07, 6.45) is 6.66. The van der Waals surface area contributed by atoms with Crippen molar-refractivity contribution in [1.82, 2.24) is 9.88 Å². The largest absolute Gasteiger partial charge is 0.381 e. The molecule has 1 saturated heterocycles. The Kier molecular flexibility index (Phi) is 3.64. The fraction of sp³-hybridized carbons (Fsp3) is 0.571. The lowest BCUT2D eigenvalue weighted by Crippen LogP contribution is -2.40. The van der Waals surface area contributed by atoms with E-state index in [-0.39, 0.29) is 6.03 Å². The van der Waals surface area contributed by atoms with Crippen molar-refractivity contribution in [3.63, 3.8) is 0 Å². The van der Waals surface area contributed by atoms with Crippen LogP contribution in [0.3, 0.4) is 0 Å². The maximum Gasteiger partial charge on any atom is 0.322 e. The van der Waals surface area contributed by atoms with E-state index >= 15 is 0 Å². The van der Waals surface area contributed by atoms with E-state index in [9.17, 15) is 4.79 Å². The lowest BCUT2D eigenvalue weighted by Gasteiger charge is -2.25. The SMILES string of the molecule is O=C(Nc1cccnc1)N(C[C@@H]1CCOC1)C1CC1. The van der Waals surface area contributed by atoms with Gasteiger partial charge in [-0.15, -0.1) is 0 Å². The van der Waals surface area contributed by atoms with Gasteiger partial charge < -0.3 is 15.0 Å². The predicted molar refractivity (Wildman–Crippen MR) is 71.9 cm³/mol. The standard InChI is InChI=1S/C14H19N3O2/c18-14(16-12-2-1-6-15-8-12)17(13-3-4-13)9-11-5-7-19-10-11/h1-2,6,8,11,13H,3-5,7,9-10H2,(H,16,18)/t11-/m0/s1. The molecule has 0 spiro atoms. The molecule has 1 aliphatic heterocycles. The first-order valence-corrected chi connectivity index (χ1v) is 6.88. The van der Waals surface area contributed by atoms with Crippen molar-refractivity contribution >= 4 is 11.7 Å². The van der Waals surface area contributed by atoms with E-state index in [4.69, 9.17) is 4.74 Å². The Hall–Kier alpha value is -1.62. The molecule has 2 heterocycles. The summed E-state index contributed by atoms with van der Waals surface area (Å²) >= 11 is 0. The summed E-state index contributed by atoms with van der Waals surface area (Å²) in [6, 6.07) is 4.08. The van der Waals surface area contributed by atoms with E-state index in [1.54, 1.807) is 12.4 Å². The summed E-state index contributed by atoms with van der Waals surface area (Å²) in [4.78, 5) is 18.3. The number of aromatic nitrogens is 1. The quantitative estimate of drug-likeness (QED) is 0.903. The molecule has 2 amide bonds. The number of pyridine rings is 1. The summed E-state index contributed by atoms with van der Waals surface area (Å²) in [7, 11) is 0. The molecule has 1 aliphatic carbocycles. The molecule has 1 atom stereocenters. The van der Waals surface area contributed by atoms with Crippen LogP contribution >= 0.6 is 0 Å². The van der Waals surface area contributed by atoms with E-state index in [1.165, 1.54) is 0 Å². The molecule has 2 fully saturated rings. The minimum Gasteiger partial charge on any atom is -0.381 e. The van der Waals surface area contributed by atoms with Crippen LogP contribution in [0.1, 0.15) is 19.3 Å². The van der Waals surface area contributed by atoms with Gasteiger partial charge in [0, 0.05) is 31.3 Å². The number of rotatable bonds is 4. The minimum absolute atomic E-state index is 0.0117. The summed E-state index contributed by atoms with van der Waals surface area (Å²) in [5.74, 6) is 0.486. The second-order valence-corrected chi connectivity index (χ2v) is 5.29. The highest BCUT2D eigenvalue weighted by atomic mass is 16.5. The first-order chi connectivity index (χ1) is 9.33. The highest BCUT2D eigenvalue weighted by molar-refractivity contribution is 5.89. The summed E-state index contributed by atoms with van der Waals surface area (Å²) < 4.78 is 5.39. The first-order valence-electron chi connectivity index (χ1n) is 6.88. The van der Waals surface area contributed by atoms with Gasteiger partial charge >= 0.3 is 6.03 Å². The van der Waals surface area contributed by atoms with Gasteiger partial charge in [0.25, 0.3) is 0 Å². The zero-order valence-corrected chi connectivity index (χ0v) is 10.9. The van der Waals surface area contributed by atoms with Crippen molar-refractivity contribution in [2.24, 2.45) is 5.92 Å². The van der Waals surface area contributed by atoms with Crippen LogP contribution in [0.4, 0.5) is 10.5 Å². The average Bonchev–Trinajstić information content (AvgIpc) is 3.14. The molecule has 1 N–H and O–H groups in total. The Morgan fingerprint density at radius 2 is 2.37 bits per heavy atom. The van der Waals surface area contributed by atoms with Gasteiger partial charge in [0.1, 0.15) is 0 Å². The zero-order valence-electron chi connectivity index (χ0n) is 10.9. The summed E-state index contributed by atoms with van der Waals surface area (Å²) in [5, 5.41) is 2.92. The van der Waals surface area contributed by atoms with Gasteiger partial charge in [0.2, 0.25) is 0 Å². The lowest BCUT2D eigenvalue weighted by molar-refractivity contribution is 0.167. The number of nitrogens with one attached hydrogen (secondary N) is 1. The van der Waals surface area contributed by atoms with Crippen LogP contribution in [0.2, 0.25) is 0 Å². The Morgan fingerprint density at radius 3 is 3.00 bits per heavy atom. The summed E-state index contributed by atoms with van der Waals surface area (Å²) in [5.41, 5.74) is 0.751. The Bertz CT molecular complexity index is 428. The van der Waals surface area contributed by atoms with Crippen molar-refractivity contribution < 1.29 is 9.53 Å². The Balaban J connectivity index is 1.61. The van der Waals surface area contributed by atoms with E-state index in [0.717, 1.165) is 44.7 Å². The smallest absolute Gasteiger partial charge is 0.322 e. The molecule has 5 nitrogen and oxygen atoms in total. The number of hydrogen-bond donors (Lipinski definition) is 1. The number of anilines is 1. The maximum absolute atomic E-state index is 12.3. The Morgan fingerprint density at radius 1 is 1.47 bits per heavy atom. The Labute approximate surface area is 113 Å². The van der Waals surface area contributed by atoms with Crippen LogP contribution in [0.25, 0.3) is 0 Å². The lowest BCUT2D eigenvalue weighted by atomic mass is 10.1. The number of nitrogens with zero attached hydrogens (tertiary/aromatic N) is 2.